The molecule has 0 bridgehead atoms. The van der Waals surface area contributed by atoms with Crippen molar-refractivity contribution in [1.29, 1.82) is 0 Å². The van der Waals surface area contributed by atoms with Gasteiger partial charge in [0, 0.05) is 17.1 Å². The quantitative estimate of drug-likeness (QED) is 0.550. The van der Waals surface area contributed by atoms with Crippen LogP contribution in [0.3, 0.4) is 0 Å². The maximum absolute atomic E-state index is 13.1. The molecule has 0 aromatic heterocycles. The minimum Gasteiger partial charge on any atom is -0.484 e. The van der Waals surface area contributed by atoms with Gasteiger partial charge in [0.05, 0.1) is 0 Å². The number of carbonyl (C=O) groups is 2. The second kappa shape index (κ2) is 11.3. The highest BCUT2D eigenvalue weighted by Gasteiger charge is 2.28. The van der Waals surface area contributed by atoms with Crippen molar-refractivity contribution in [2.75, 3.05) is 6.61 Å². The van der Waals surface area contributed by atoms with E-state index in [9.17, 15) is 9.59 Å². The van der Waals surface area contributed by atoms with Crippen molar-refractivity contribution >= 4 is 27.7 Å². The molecule has 1 aliphatic rings. The third-order valence-corrected chi connectivity index (χ3v) is 6.36. The van der Waals surface area contributed by atoms with Crippen LogP contribution in [0.5, 0.6) is 5.75 Å². The van der Waals surface area contributed by atoms with Crippen molar-refractivity contribution in [2.45, 2.75) is 64.6 Å². The maximum atomic E-state index is 13.1. The average Bonchev–Trinajstić information content (AvgIpc) is 3.30. The summed E-state index contributed by atoms with van der Waals surface area (Å²) in [7, 11) is 0. The number of amides is 2. The Morgan fingerprint density at radius 2 is 1.68 bits per heavy atom. The van der Waals surface area contributed by atoms with Crippen LogP contribution in [0.15, 0.2) is 53.0 Å². The van der Waals surface area contributed by atoms with E-state index < -0.39 is 6.04 Å². The van der Waals surface area contributed by atoms with Gasteiger partial charge in [-0.1, -0.05) is 60.0 Å². The second-order valence-corrected chi connectivity index (χ2v) is 9.02. The molecule has 1 saturated carbocycles. The fourth-order valence-electron chi connectivity index (χ4n) is 3.81. The molecule has 0 unspecified atom stereocenters. The Kier molecular flexibility index (Phi) is 8.52. The zero-order chi connectivity index (χ0) is 22.2. The summed E-state index contributed by atoms with van der Waals surface area (Å²) in [6.07, 6.45) is 5.26. The Morgan fingerprint density at radius 3 is 2.29 bits per heavy atom. The molecule has 31 heavy (non-hydrogen) atoms. The van der Waals surface area contributed by atoms with Crippen LogP contribution in [0, 0.1) is 0 Å². The normalized spacial score (nSPS) is 14.8. The standard InChI is InChI=1S/C25H31BrN2O3/c1-3-19-10-14-23(15-11-19)31-17-24(29)28(16-20-8-12-21(26)13-9-20)18(2)25(30)27-22-6-4-5-7-22/h8-15,18,22H,3-7,16-17H2,1-2H3,(H,27,30)/t18-/m0/s1. The van der Waals surface area contributed by atoms with Crippen LogP contribution in [-0.2, 0) is 22.6 Å². The molecule has 5 nitrogen and oxygen atoms in total. The van der Waals surface area contributed by atoms with E-state index in [2.05, 4.69) is 28.2 Å². The van der Waals surface area contributed by atoms with Crippen LogP contribution in [0.4, 0.5) is 0 Å². The number of hydrogen-bond donors (Lipinski definition) is 1. The van der Waals surface area contributed by atoms with Crippen molar-refractivity contribution in [2.24, 2.45) is 0 Å². The lowest BCUT2D eigenvalue weighted by atomic mass is 10.1. The van der Waals surface area contributed by atoms with Crippen molar-refractivity contribution in [3.63, 3.8) is 0 Å². The zero-order valence-electron chi connectivity index (χ0n) is 18.3. The van der Waals surface area contributed by atoms with Crippen LogP contribution in [0.2, 0.25) is 0 Å². The molecule has 1 fully saturated rings. The second-order valence-electron chi connectivity index (χ2n) is 8.10. The molecule has 2 aromatic rings. The predicted molar refractivity (Wildman–Crippen MR) is 126 cm³/mol. The summed E-state index contributed by atoms with van der Waals surface area (Å²) in [5.41, 5.74) is 2.18. The molecule has 2 amide bonds. The summed E-state index contributed by atoms with van der Waals surface area (Å²) in [5, 5.41) is 3.11. The van der Waals surface area contributed by atoms with Crippen LogP contribution < -0.4 is 10.1 Å². The lowest BCUT2D eigenvalue weighted by Gasteiger charge is -2.29. The molecule has 0 spiro atoms. The first-order chi connectivity index (χ1) is 15.0. The topological polar surface area (TPSA) is 58.6 Å². The molecular formula is C25H31BrN2O3. The first-order valence-electron chi connectivity index (χ1n) is 11.0. The minimum absolute atomic E-state index is 0.107. The Balaban J connectivity index is 1.68. The molecule has 0 saturated heterocycles. The number of carbonyl (C=O) groups excluding carboxylic acids is 2. The van der Waals surface area contributed by atoms with Gasteiger partial charge in [-0.15, -0.1) is 0 Å². The number of aryl methyl sites for hydroxylation is 1. The van der Waals surface area contributed by atoms with Gasteiger partial charge in [0.1, 0.15) is 11.8 Å². The van der Waals surface area contributed by atoms with E-state index in [1.54, 1.807) is 11.8 Å². The highest BCUT2D eigenvalue weighted by atomic mass is 79.9. The molecule has 0 radical (unpaired) electrons. The largest absolute Gasteiger partial charge is 0.484 e. The minimum atomic E-state index is -0.581. The summed E-state index contributed by atoms with van der Waals surface area (Å²) in [4.78, 5) is 27.6. The van der Waals surface area contributed by atoms with Crippen molar-refractivity contribution in [1.82, 2.24) is 10.2 Å². The van der Waals surface area contributed by atoms with Crippen LogP contribution in [0.1, 0.15) is 50.7 Å². The van der Waals surface area contributed by atoms with Crippen LogP contribution >= 0.6 is 15.9 Å². The number of rotatable bonds is 9. The lowest BCUT2D eigenvalue weighted by Crippen LogP contribution is -2.50. The molecule has 166 valence electrons. The molecule has 1 atom stereocenters. The number of nitrogens with one attached hydrogen (secondary N) is 1. The molecule has 0 heterocycles. The Hall–Kier alpha value is -2.34. The number of ether oxygens (including phenoxy) is 1. The summed E-state index contributed by atoms with van der Waals surface area (Å²) in [6.45, 7) is 4.13. The van der Waals surface area contributed by atoms with Gasteiger partial charge in [0.25, 0.3) is 5.91 Å². The smallest absolute Gasteiger partial charge is 0.261 e. The third-order valence-electron chi connectivity index (χ3n) is 5.83. The monoisotopic (exact) mass is 486 g/mol. The van der Waals surface area contributed by atoms with Gasteiger partial charge < -0.3 is 15.0 Å². The average molecular weight is 487 g/mol. The summed E-state index contributed by atoms with van der Waals surface area (Å²) in [6, 6.07) is 15.2. The van der Waals surface area contributed by atoms with E-state index in [-0.39, 0.29) is 24.5 Å². The summed E-state index contributed by atoms with van der Waals surface area (Å²) < 4.78 is 6.71. The van der Waals surface area contributed by atoms with Crippen molar-refractivity contribution in [3.05, 3.63) is 64.1 Å². The highest BCUT2D eigenvalue weighted by Crippen LogP contribution is 2.19. The first kappa shape index (κ1) is 23.3. The third kappa shape index (κ3) is 6.82. The summed E-state index contributed by atoms with van der Waals surface area (Å²) >= 11 is 3.44. The molecule has 2 aromatic carbocycles. The lowest BCUT2D eigenvalue weighted by molar-refractivity contribution is -0.142. The van der Waals surface area contributed by atoms with E-state index in [1.165, 1.54) is 5.56 Å². The van der Waals surface area contributed by atoms with E-state index >= 15 is 0 Å². The van der Waals surface area contributed by atoms with Gasteiger partial charge in [-0.25, -0.2) is 0 Å². The highest BCUT2D eigenvalue weighted by molar-refractivity contribution is 9.10. The molecule has 3 rings (SSSR count). The van der Waals surface area contributed by atoms with E-state index in [4.69, 9.17) is 4.74 Å². The van der Waals surface area contributed by atoms with E-state index in [0.29, 0.717) is 12.3 Å². The van der Waals surface area contributed by atoms with Gasteiger partial charge in [0.15, 0.2) is 6.61 Å². The Bertz CT molecular complexity index is 861. The van der Waals surface area contributed by atoms with Gasteiger partial charge in [0.2, 0.25) is 5.91 Å². The number of nitrogens with zero attached hydrogens (tertiary/aromatic N) is 1. The van der Waals surface area contributed by atoms with Crippen LogP contribution in [0.25, 0.3) is 0 Å². The molecule has 1 aliphatic carbocycles. The SMILES string of the molecule is CCc1ccc(OCC(=O)N(Cc2ccc(Br)cc2)[C@@H](C)C(=O)NC2CCCC2)cc1. The van der Waals surface area contributed by atoms with Gasteiger partial charge >= 0.3 is 0 Å². The van der Waals surface area contributed by atoms with Gasteiger partial charge in [-0.05, 0) is 61.6 Å². The zero-order valence-corrected chi connectivity index (χ0v) is 19.9. The van der Waals surface area contributed by atoms with E-state index in [0.717, 1.165) is 42.1 Å². The Labute approximate surface area is 193 Å². The maximum Gasteiger partial charge on any atom is 0.261 e. The van der Waals surface area contributed by atoms with Crippen molar-refractivity contribution < 1.29 is 14.3 Å². The summed E-state index contributed by atoms with van der Waals surface area (Å²) in [5.74, 6) is 0.332. The predicted octanol–water partition coefficient (Wildman–Crippen LogP) is 4.87. The molecule has 1 N–H and O–H groups in total. The first-order valence-corrected chi connectivity index (χ1v) is 11.8. The van der Waals surface area contributed by atoms with Gasteiger partial charge in [-0.2, -0.15) is 0 Å². The number of halogens is 1. The fourth-order valence-corrected chi connectivity index (χ4v) is 4.07. The fraction of sp³-hybridized carbons (Fsp3) is 0.440. The van der Waals surface area contributed by atoms with Crippen LogP contribution in [-0.4, -0.2) is 35.4 Å². The number of hydrogen-bond acceptors (Lipinski definition) is 3. The van der Waals surface area contributed by atoms with Gasteiger partial charge in [-0.3, -0.25) is 9.59 Å². The molecule has 6 heteroatoms. The van der Waals surface area contributed by atoms with E-state index in [1.807, 2.05) is 48.5 Å². The number of benzene rings is 2. The van der Waals surface area contributed by atoms with Crippen molar-refractivity contribution in [3.8, 4) is 5.75 Å². The Morgan fingerprint density at radius 1 is 1.06 bits per heavy atom. The molecule has 0 aliphatic heterocycles. The molecular weight excluding hydrogens is 456 g/mol.